The van der Waals surface area contributed by atoms with E-state index in [-0.39, 0.29) is 11.7 Å². The summed E-state index contributed by atoms with van der Waals surface area (Å²) in [6, 6.07) is 16.5. The number of hydrogen-bond donors (Lipinski definition) is 1. The Balaban J connectivity index is 1.72. The van der Waals surface area contributed by atoms with Crippen molar-refractivity contribution >= 4 is 11.6 Å². The molecule has 120 valence electrons. The second kappa shape index (κ2) is 6.91. The average Bonchev–Trinajstić information content (AvgIpc) is 2.63. The minimum absolute atomic E-state index is 0.252. The van der Waals surface area contributed by atoms with Crippen LogP contribution in [0.15, 0.2) is 66.9 Å². The predicted octanol–water partition coefficient (Wildman–Crippen LogP) is 4.15. The van der Waals surface area contributed by atoms with Crippen LogP contribution in [0, 0.1) is 5.82 Å². The van der Waals surface area contributed by atoms with Gasteiger partial charge in [-0.3, -0.25) is 9.78 Å². The van der Waals surface area contributed by atoms with Crippen molar-refractivity contribution in [1.82, 2.24) is 4.98 Å². The Kier molecular flexibility index (Phi) is 4.52. The third-order valence-electron chi connectivity index (χ3n) is 3.51. The van der Waals surface area contributed by atoms with Gasteiger partial charge in [-0.15, -0.1) is 0 Å². The Morgan fingerprint density at radius 1 is 1.00 bits per heavy atom. The molecule has 0 fully saturated rings. The zero-order valence-electron chi connectivity index (χ0n) is 13.0. The highest BCUT2D eigenvalue weighted by atomic mass is 19.1. The maximum absolute atomic E-state index is 12.9. The lowest BCUT2D eigenvalue weighted by molar-refractivity contribution is 0.102. The van der Waals surface area contributed by atoms with Crippen molar-refractivity contribution in [2.45, 2.75) is 0 Å². The summed E-state index contributed by atoms with van der Waals surface area (Å²) >= 11 is 0. The Bertz CT molecular complexity index is 829. The molecular formula is C19H15FN2O2. The summed E-state index contributed by atoms with van der Waals surface area (Å²) in [6.07, 6.45) is 1.50. The highest BCUT2D eigenvalue weighted by molar-refractivity contribution is 6.04. The van der Waals surface area contributed by atoms with Crippen molar-refractivity contribution < 1.29 is 13.9 Å². The second-order valence-corrected chi connectivity index (χ2v) is 5.12. The van der Waals surface area contributed by atoms with E-state index in [0.717, 1.165) is 11.3 Å². The summed E-state index contributed by atoms with van der Waals surface area (Å²) in [5.74, 6) is 0.172. The fourth-order valence-corrected chi connectivity index (χ4v) is 2.20. The van der Waals surface area contributed by atoms with Crippen LogP contribution < -0.4 is 10.1 Å². The molecule has 3 rings (SSSR count). The van der Waals surface area contributed by atoms with Crippen LogP contribution in [0.25, 0.3) is 11.3 Å². The summed E-state index contributed by atoms with van der Waals surface area (Å²) in [7, 11) is 1.59. The van der Waals surface area contributed by atoms with Gasteiger partial charge < -0.3 is 10.1 Å². The molecule has 0 bridgehead atoms. The van der Waals surface area contributed by atoms with Crippen molar-refractivity contribution in [3.63, 3.8) is 0 Å². The number of rotatable bonds is 4. The van der Waals surface area contributed by atoms with Crippen LogP contribution in [0.3, 0.4) is 0 Å². The van der Waals surface area contributed by atoms with Gasteiger partial charge in [-0.2, -0.15) is 0 Å². The quantitative estimate of drug-likeness (QED) is 0.785. The highest BCUT2D eigenvalue weighted by Gasteiger charge is 2.08. The SMILES string of the molecule is COc1ccc(NC(=O)c2ccc(-c3ccc(F)cc3)nc2)cc1. The summed E-state index contributed by atoms with van der Waals surface area (Å²) in [5.41, 5.74) is 2.58. The number of halogens is 1. The molecule has 1 aromatic heterocycles. The van der Waals surface area contributed by atoms with Gasteiger partial charge in [-0.05, 0) is 60.7 Å². The number of carbonyl (C=O) groups is 1. The van der Waals surface area contributed by atoms with E-state index in [1.807, 2.05) is 0 Å². The van der Waals surface area contributed by atoms with E-state index in [1.54, 1.807) is 55.6 Å². The number of carbonyl (C=O) groups excluding carboxylic acids is 1. The molecule has 0 saturated heterocycles. The van der Waals surface area contributed by atoms with Gasteiger partial charge in [-0.1, -0.05) is 0 Å². The number of pyridine rings is 1. The number of aromatic nitrogens is 1. The second-order valence-electron chi connectivity index (χ2n) is 5.12. The molecule has 0 aliphatic carbocycles. The molecule has 0 saturated carbocycles. The average molecular weight is 322 g/mol. The number of methoxy groups -OCH3 is 1. The number of nitrogens with zero attached hydrogens (tertiary/aromatic N) is 1. The molecule has 4 nitrogen and oxygen atoms in total. The molecule has 1 heterocycles. The third-order valence-corrected chi connectivity index (χ3v) is 3.51. The summed E-state index contributed by atoms with van der Waals surface area (Å²) < 4.78 is 18.0. The molecule has 24 heavy (non-hydrogen) atoms. The standard InChI is InChI=1S/C19H15FN2O2/c1-24-17-9-7-16(8-10-17)22-19(23)14-4-11-18(21-12-14)13-2-5-15(20)6-3-13/h2-12H,1H3,(H,22,23). The van der Waals surface area contributed by atoms with E-state index >= 15 is 0 Å². The molecule has 0 radical (unpaired) electrons. The lowest BCUT2D eigenvalue weighted by atomic mass is 10.1. The zero-order valence-corrected chi connectivity index (χ0v) is 13.0. The van der Waals surface area contributed by atoms with Gasteiger partial charge in [0.05, 0.1) is 18.4 Å². The lowest BCUT2D eigenvalue weighted by Crippen LogP contribution is -2.12. The first kappa shape index (κ1) is 15.7. The third kappa shape index (κ3) is 3.57. The number of hydrogen-bond acceptors (Lipinski definition) is 3. The van der Waals surface area contributed by atoms with Crippen molar-refractivity contribution in [3.8, 4) is 17.0 Å². The van der Waals surface area contributed by atoms with Gasteiger partial charge in [0, 0.05) is 17.4 Å². The van der Waals surface area contributed by atoms with Crippen molar-refractivity contribution in [3.05, 3.63) is 78.2 Å². The van der Waals surface area contributed by atoms with Gasteiger partial charge in [0.15, 0.2) is 0 Å². The van der Waals surface area contributed by atoms with Crippen LogP contribution in [0.4, 0.5) is 10.1 Å². The van der Waals surface area contributed by atoms with E-state index in [1.165, 1.54) is 18.3 Å². The molecule has 1 N–H and O–H groups in total. The molecule has 0 aliphatic heterocycles. The van der Waals surface area contributed by atoms with Gasteiger partial charge >= 0.3 is 0 Å². The molecule has 0 atom stereocenters. The fourth-order valence-electron chi connectivity index (χ4n) is 2.20. The molecule has 0 aliphatic rings. The molecule has 5 heteroatoms. The topological polar surface area (TPSA) is 51.2 Å². The van der Waals surface area contributed by atoms with Gasteiger partial charge in [0.2, 0.25) is 0 Å². The largest absolute Gasteiger partial charge is 0.497 e. The Hall–Kier alpha value is -3.21. The Morgan fingerprint density at radius 2 is 1.71 bits per heavy atom. The zero-order chi connectivity index (χ0) is 16.9. The highest BCUT2D eigenvalue weighted by Crippen LogP contribution is 2.19. The van der Waals surface area contributed by atoms with E-state index in [9.17, 15) is 9.18 Å². The fraction of sp³-hybridized carbons (Fsp3) is 0.0526. The number of nitrogens with one attached hydrogen (secondary N) is 1. The number of amides is 1. The molecule has 0 spiro atoms. The Labute approximate surface area is 138 Å². The first-order chi connectivity index (χ1) is 11.7. The summed E-state index contributed by atoms with van der Waals surface area (Å²) in [5, 5.41) is 2.79. The van der Waals surface area contributed by atoms with E-state index in [4.69, 9.17) is 4.74 Å². The predicted molar refractivity (Wildman–Crippen MR) is 90.6 cm³/mol. The summed E-state index contributed by atoms with van der Waals surface area (Å²) in [4.78, 5) is 16.5. The van der Waals surface area contributed by atoms with Crippen LogP contribution in [0.5, 0.6) is 5.75 Å². The first-order valence-electron chi connectivity index (χ1n) is 7.33. The van der Waals surface area contributed by atoms with Gasteiger partial charge in [0.25, 0.3) is 5.91 Å². The van der Waals surface area contributed by atoms with Crippen LogP contribution in [-0.4, -0.2) is 18.0 Å². The Morgan fingerprint density at radius 3 is 2.29 bits per heavy atom. The maximum atomic E-state index is 12.9. The smallest absolute Gasteiger partial charge is 0.257 e. The lowest BCUT2D eigenvalue weighted by Gasteiger charge is -2.07. The van der Waals surface area contributed by atoms with Crippen molar-refractivity contribution in [2.75, 3.05) is 12.4 Å². The maximum Gasteiger partial charge on any atom is 0.257 e. The molecule has 3 aromatic rings. The minimum Gasteiger partial charge on any atom is -0.497 e. The summed E-state index contributed by atoms with van der Waals surface area (Å²) in [6.45, 7) is 0. The van der Waals surface area contributed by atoms with E-state index in [2.05, 4.69) is 10.3 Å². The first-order valence-corrected chi connectivity index (χ1v) is 7.33. The van der Waals surface area contributed by atoms with Crippen LogP contribution in [0.1, 0.15) is 10.4 Å². The van der Waals surface area contributed by atoms with Crippen molar-refractivity contribution in [2.24, 2.45) is 0 Å². The normalized spacial score (nSPS) is 10.2. The molecule has 1 amide bonds. The molecule has 2 aromatic carbocycles. The number of benzene rings is 2. The minimum atomic E-state index is -0.297. The van der Waals surface area contributed by atoms with E-state index < -0.39 is 0 Å². The van der Waals surface area contributed by atoms with E-state index in [0.29, 0.717) is 16.9 Å². The molecular weight excluding hydrogens is 307 g/mol. The van der Waals surface area contributed by atoms with Crippen molar-refractivity contribution in [1.29, 1.82) is 0 Å². The molecule has 0 unspecified atom stereocenters. The van der Waals surface area contributed by atoms with Crippen LogP contribution in [-0.2, 0) is 0 Å². The van der Waals surface area contributed by atoms with Gasteiger partial charge in [-0.25, -0.2) is 4.39 Å². The number of ether oxygens (including phenoxy) is 1. The van der Waals surface area contributed by atoms with Crippen LogP contribution >= 0.6 is 0 Å². The van der Waals surface area contributed by atoms with Gasteiger partial charge in [0.1, 0.15) is 11.6 Å². The van der Waals surface area contributed by atoms with Crippen LogP contribution in [0.2, 0.25) is 0 Å². The number of anilines is 1. The monoisotopic (exact) mass is 322 g/mol.